The molecule has 3 aliphatic rings. The Kier molecular flexibility index (Phi) is 5.73. The molecule has 5 rings (SSSR count). The molecule has 180 valence electrons. The van der Waals surface area contributed by atoms with Gasteiger partial charge >= 0.3 is 0 Å². The number of nitro benzene ring substituents is 1. The maximum atomic E-state index is 11.1. The van der Waals surface area contributed by atoms with Crippen molar-refractivity contribution in [1.29, 1.82) is 0 Å². The molecule has 0 aliphatic heterocycles. The highest BCUT2D eigenvalue weighted by molar-refractivity contribution is 5.72. The molecule has 0 heterocycles. The average molecular weight is 467 g/mol. The van der Waals surface area contributed by atoms with Crippen LogP contribution in [0.4, 0.5) is 5.69 Å². The summed E-state index contributed by atoms with van der Waals surface area (Å²) < 4.78 is 5.40. The van der Waals surface area contributed by atoms with Crippen LogP contribution < -0.4 is 10.2 Å². The molecule has 8 heteroatoms. The minimum atomic E-state index is -0.427. The number of non-ortho nitro benzene ring substituents is 1. The number of nitrogens with one attached hydrogen (secondary N) is 1. The fraction of sp³-hybridized carbons (Fsp3) is 0.462. The van der Waals surface area contributed by atoms with Crippen LogP contribution in [0.2, 0.25) is 0 Å². The quantitative estimate of drug-likeness (QED) is 0.419. The van der Waals surface area contributed by atoms with Crippen molar-refractivity contribution in [3.05, 3.63) is 69.3 Å². The topological polar surface area (TPSA) is 114 Å². The number of aliphatic hydroxyl groups excluding tert-OH is 1. The molecule has 3 aliphatic carbocycles. The van der Waals surface area contributed by atoms with Crippen molar-refractivity contribution in [2.45, 2.75) is 51.2 Å². The van der Waals surface area contributed by atoms with Gasteiger partial charge < -0.3 is 14.9 Å². The van der Waals surface area contributed by atoms with Crippen molar-refractivity contribution < 1.29 is 24.7 Å². The summed E-state index contributed by atoms with van der Waals surface area (Å²) in [4.78, 5) is 16.4. The number of aromatic hydroxyl groups is 1. The highest BCUT2D eigenvalue weighted by atomic mass is 16.6. The van der Waals surface area contributed by atoms with E-state index < -0.39 is 4.92 Å². The van der Waals surface area contributed by atoms with Gasteiger partial charge in [0.2, 0.25) is 0 Å². The first kappa shape index (κ1) is 22.7. The van der Waals surface area contributed by atoms with Crippen LogP contribution in [0.25, 0.3) is 5.70 Å². The van der Waals surface area contributed by atoms with Gasteiger partial charge in [-0.1, -0.05) is 25.1 Å². The lowest BCUT2D eigenvalue weighted by Gasteiger charge is -2.49. The van der Waals surface area contributed by atoms with Gasteiger partial charge in [0.15, 0.2) is 11.5 Å². The maximum absolute atomic E-state index is 11.1. The number of hydrogen-bond acceptors (Lipinski definition) is 7. The first-order chi connectivity index (χ1) is 16.3. The summed E-state index contributed by atoms with van der Waals surface area (Å²) >= 11 is 0. The van der Waals surface area contributed by atoms with Crippen molar-refractivity contribution in [1.82, 2.24) is 5.48 Å². The standard InChI is InChI=1S/C26H30N2O6/c1-26-9-8-17-18-13-24(33-2)23(29)12-20(18)22(11-19(17)21(26)6-7-25(26)30)27-34-14-15-4-3-5-16(10-15)28(31)32/h3-5,10-13,17,19,21,25,27,29-30H,6-9,14H2,1-2H3/t17-,19-,21+,25+,26+/m1/s1. The van der Waals surface area contributed by atoms with Gasteiger partial charge in [0, 0.05) is 17.7 Å². The molecule has 0 radical (unpaired) electrons. The molecule has 3 N–H and O–H groups in total. The summed E-state index contributed by atoms with van der Waals surface area (Å²) in [6.45, 7) is 2.35. The lowest BCUT2D eigenvalue weighted by atomic mass is 9.56. The van der Waals surface area contributed by atoms with Gasteiger partial charge in [0.05, 0.1) is 30.4 Å². The predicted molar refractivity (Wildman–Crippen MR) is 126 cm³/mol. The van der Waals surface area contributed by atoms with Gasteiger partial charge in [0.1, 0.15) is 0 Å². The van der Waals surface area contributed by atoms with Crippen LogP contribution in [0.1, 0.15) is 55.2 Å². The number of ether oxygens (including phenoxy) is 1. The largest absolute Gasteiger partial charge is 0.504 e. The number of methoxy groups -OCH3 is 1. The van der Waals surface area contributed by atoms with Crippen molar-refractivity contribution in [2.24, 2.45) is 17.3 Å². The summed E-state index contributed by atoms with van der Waals surface area (Å²) in [5, 5.41) is 32.3. The molecule has 2 saturated carbocycles. The average Bonchev–Trinajstić information content (AvgIpc) is 3.13. The Labute approximate surface area is 198 Å². The summed E-state index contributed by atoms with van der Waals surface area (Å²) in [6, 6.07) is 9.97. The minimum absolute atomic E-state index is 0.0180. The van der Waals surface area contributed by atoms with E-state index in [1.54, 1.807) is 25.3 Å². The number of nitrogens with zero attached hydrogens (tertiary/aromatic N) is 1. The number of phenolic OH excluding ortho intramolecular Hbond substituents is 1. The minimum Gasteiger partial charge on any atom is -0.504 e. The number of hydrogen-bond donors (Lipinski definition) is 3. The Bertz CT molecular complexity index is 1150. The number of phenols is 1. The Morgan fingerprint density at radius 2 is 2.06 bits per heavy atom. The smallest absolute Gasteiger partial charge is 0.269 e. The van der Waals surface area contributed by atoms with Gasteiger partial charge in [-0.05, 0) is 72.1 Å². The molecule has 0 amide bonds. The van der Waals surface area contributed by atoms with E-state index in [1.165, 1.54) is 12.1 Å². The molecular weight excluding hydrogens is 436 g/mol. The third-order valence-corrected chi connectivity index (χ3v) is 8.22. The number of fused-ring (bicyclic) bond motifs is 5. The molecule has 8 nitrogen and oxygen atoms in total. The molecule has 34 heavy (non-hydrogen) atoms. The third-order valence-electron chi connectivity index (χ3n) is 8.22. The number of benzene rings is 2. The summed E-state index contributed by atoms with van der Waals surface area (Å²) in [7, 11) is 1.55. The van der Waals surface area contributed by atoms with Crippen molar-refractivity contribution in [3.63, 3.8) is 0 Å². The summed E-state index contributed by atoms with van der Waals surface area (Å²) in [5.74, 6) is 1.35. The Morgan fingerprint density at radius 3 is 2.82 bits per heavy atom. The van der Waals surface area contributed by atoms with Crippen molar-refractivity contribution >= 4 is 11.4 Å². The zero-order valence-corrected chi connectivity index (χ0v) is 19.4. The van der Waals surface area contributed by atoms with E-state index in [0.29, 0.717) is 17.2 Å². The van der Waals surface area contributed by atoms with Gasteiger partial charge in [-0.2, -0.15) is 0 Å². The number of nitro groups is 1. The van der Waals surface area contributed by atoms with Crippen LogP contribution in [0.3, 0.4) is 0 Å². The fourth-order valence-electron chi connectivity index (χ4n) is 6.38. The lowest BCUT2D eigenvalue weighted by molar-refractivity contribution is -0.385. The van der Waals surface area contributed by atoms with E-state index in [4.69, 9.17) is 9.57 Å². The Hall–Kier alpha value is -3.10. The summed E-state index contributed by atoms with van der Waals surface area (Å²) in [5.41, 5.74) is 6.36. The second kappa shape index (κ2) is 8.60. The number of aliphatic hydroxyl groups is 1. The van der Waals surface area contributed by atoms with E-state index in [-0.39, 0.29) is 41.4 Å². The van der Waals surface area contributed by atoms with Gasteiger partial charge in [-0.3, -0.25) is 20.4 Å². The second-order valence-corrected chi connectivity index (χ2v) is 9.94. The molecule has 0 aromatic heterocycles. The molecule has 0 unspecified atom stereocenters. The summed E-state index contributed by atoms with van der Waals surface area (Å²) in [6.07, 6.45) is 5.60. The van der Waals surface area contributed by atoms with Crippen LogP contribution in [0, 0.1) is 27.4 Å². The first-order valence-corrected chi connectivity index (χ1v) is 11.7. The Balaban J connectivity index is 1.45. The molecular formula is C26H30N2O6. The van der Waals surface area contributed by atoms with Crippen LogP contribution in [-0.2, 0) is 11.4 Å². The van der Waals surface area contributed by atoms with E-state index in [0.717, 1.165) is 42.5 Å². The highest BCUT2D eigenvalue weighted by Crippen LogP contribution is 2.61. The lowest BCUT2D eigenvalue weighted by Crippen LogP contribution is -2.43. The van der Waals surface area contributed by atoms with Crippen LogP contribution in [0.5, 0.6) is 11.5 Å². The molecule has 0 saturated heterocycles. The van der Waals surface area contributed by atoms with Crippen molar-refractivity contribution in [2.75, 3.05) is 7.11 Å². The zero-order chi connectivity index (χ0) is 24.0. The predicted octanol–water partition coefficient (Wildman–Crippen LogP) is 4.66. The van der Waals surface area contributed by atoms with E-state index in [2.05, 4.69) is 18.5 Å². The zero-order valence-electron chi connectivity index (χ0n) is 19.4. The second-order valence-electron chi connectivity index (χ2n) is 9.94. The maximum Gasteiger partial charge on any atom is 0.269 e. The monoisotopic (exact) mass is 466 g/mol. The van der Waals surface area contributed by atoms with Gasteiger partial charge in [0.25, 0.3) is 5.69 Å². The molecule has 2 aromatic rings. The van der Waals surface area contributed by atoms with Crippen molar-refractivity contribution in [3.8, 4) is 11.5 Å². The molecule has 2 aromatic carbocycles. The number of rotatable bonds is 6. The van der Waals surface area contributed by atoms with E-state index in [9.17, 15) is 20.3 Å². The number of hydroxylamine groups is 1. The van der Waals surface area contributed by atoms with E-state index in [1.807, 2.05) is 6.07 Å². The first-order valence-electron chi connectivity index (χ1n) is 11.7. The van der Waals surface area contributed by atoms with Crippen LogP contribution >= 0.6 is 0 Å². The molecule has 0 spiro atoms. The molecule has 0 bridgehead atoms. The normalized spacial score (nSPS) is 29.4. The fourth-order valence-corrected chi connectivity index (χ4v) is 6.38. The van der Waals surface area contributed by atoms with E-state index >= 15 is 0 Å². The molecule has 5 atom stereocenters. The van der Waals surface area contributed by atoms with Gasteiger partial charge in [-0.25, -0.2) is 0 Å². The van der Waals surface area contributed by atoms with Gasteiger partial charge in [-0.15, -0.1) is 0 Å². The SMILES string of the molecule is COc1cc2c(cc1O)C(NOCc1cccc([N+](=O)[O-])c1)=C[C@@H]1[C@@H]2CC[C@]2(C)[C@@H](O)CC[C@@H]12. The van der Waals surface area contributed by atoms with Crippen LogP contribution in [0.15, 0.2) is 42.5 Å². The Morgan fingerprint density at radius 1 is 1.24 bits per heavy atom. The third kappa shape index (κ3) is 3.71. The number of allylic oxidation sites excluding steroid dienone is 1. The molecule has 2 fully saturated rings. The highest BCUT2D eigenvalue weighted by Gasteiger charge is 2.54. The van der Waals surface area contributed by atoms with Crippen LogP contribution in [-0.4, -0.2) is 28.4 Å².